The summed E-state index contributed by atoms with van der Waals surface area (Å²) in [6.45, 7) is -0.291. The third-order valence-electron chi connectivity index (χ3n) is 2.50. The van der Waals surface area contributed by atoms with Gasteiger partial charge in [0.05, 0.1) is 17.4 Å². The smallest absolute Gasteiger partial charge is 0.258 e. The molecule has 2 rings (SSSR count). The SMILES string of the molecule is Cn1cc(C(=O)Nc2ccc(C#CCO)cc2F)cn1. The number of hydrogen-bond donors (Lipinski definition) is 2. The molecular weight excluding hydrogens is 261 g/mol. The number of nitrogens with zero attached hydrogens (tertiary/aromatic N) is 2. The first-order chi connectivity index (χ1) is 9.60. The summed E-state index contributed by atoms with van der Waals surface area (Å²) in [5, 5.41) is 14.9. The summed E-state index contributed by atoms with van der Waals surface area (Å²) in [6, 6.07) is 4.18. The molecule has 0 saturated carbocycles. The third kappa shape index (κ3) is 3.22. The lowest BCUT2D eigenvalue weighted by molar-refractivity contribution is 0.102. The largest absolute Gasteiger partial charge is 0.384 e. The molecule has 1 aromatic carbocycles. The van der Waals surface area contributed by atoms with Gasteiger partial charge in [-0.05, 0) is 18.2 Å². The lowest BCUT2D eigenvalue weighted by atomic mass is 10.2. The van der Waals surface area contributed by atoms with Crippen LogP contribution in [0.15, 0.2) is 30.6 Å². The number of amides is 1. The number of carbonyl (C=O) groups excluding carboxylic acids is 1. The quantitative estimate of drug-likeness (QED) is 0.807. The van der Waals surface area contributed by atoms with Gasteiger partial charge in [-0.3, -0.25) is 9.48 Å². The summed E-state index contributed by atoms with van der Waals surface area (Å²) < 4.78 is 15.3. The molecule has 0 aliphatic heterocycles. The van der Waals surface area contributed by atoms with Gasteiger partial charge in [-0.1, -0.05) is 11.8 Å². The predicted octanol–water partition coefficient (Wildman–Crippen LogP) is 1.16. The van der Waals surface area contributed by atoms with E-state index in [9.17, 15) is 9.18 Å². The summed E-state index contributed by atoms with van der Waals surface area (Å²) in [4.78, 5) is 11.8. The number of rotatable bonds is 2. The molecule has 5 nitrogen and oxygen atoms in total. The van der Waals surface area contributed by atoms with Gasteiger partial charge in [-0.25, -0.2) is 4.39 Å². The molecule has 0 saturated heterocycles. The van der Waals surface area contributed by atoms with Crippen molar-refractivity contribution in [2.45, 2.75) is 0 Å². The van der Waals surface area contributed by atoms with Crippen LogP contribution in [0, 0.1) is 17.7 Å². The second kappa shape index (κ2) is 5.99. The molecular formula is C14H12FN3O2. The minimum absolute atomic E-state index is 0.0633. The van der Waals surface area contributed by atoms with Crippen molar-refractivity contribution in [1.29, 1.82) is 0 Å². The maximum Gasteiger partial charge on any atom is 0.258 e. The van der Waals surface area contributed by atoms with Gasteiger partial charge in [0.1, 0.15) is 12.4 Å². The predicted molar refractivity (Wildman–Crippen MR) is 71.5 cm³/mol. The van der Waals surface area contributed by atoms with Gasteiger partial charge in [-0.2, -0.15) is 5.10 Å². The summed E-state index contributed by atoms with van der Waals surface area (Å²) in [7, 11) is 1.69. The Bertz CT molecular complexity index is 698. The molecule has 0 radical (unpaired) electrons. The number of aromatic nitrogens is 2. The van der Waals surface area contributed by atoms with Gasteiger partial charge >= 0.3 is 0 Å². The lowest BCUT2D eigenvalue weighted by Gasteiger charge is -2.05. The van der Waals surface area contributed by atoms with Gasteiger partial charge in [0, 0.05) is 18.8 Å². The van der Waals surface area contributed by atoms with E-state index in [2.05, 4.69) is 22.3 Å². The van der Waals surface area contributed by atoms with E-state index < -0.39 is 11.7 Å². The van der Waals surface area contributed by atoms with Crippen LogP contribution in [0.1, 0.15) is 15.9 Å². The van der Waals surface area contributed by atoms with Crippen LogP contribution in [0.4, 0.5) is 10.1 Å². The molecule has 102 valence electrons. The van der Waals surface area contributed by atoms with Crippen LogP contribution in [0.5, 0.6) is 0 Å². The zero-order valence-corrected chi connectivity index (χ0v) is 10.7. The van der Waals surface area contributed by atoms with Crippen LogP contribution in [0.3, 0.4) is 0 Å². The Labute approximate surface area is 115 Å². The molecule has 0 spiro atoms. The van der Waals surface area contributed by atoms with E-state index in [4.69, 9.17) is 5.11 Å². The van der Waals surface area contributed by atoms with E-state index in [0.717, 1.165) is 0 Å². The number of carbonyl (C=O) groups is 1. The van der Waals surface area contributed by atoms with Crippen molar-refractivity contribution in [2.75, 3.05) is 11.9 Å². The average Bonchev–Trinajstić information content (AvgIpc) is 2.86. The fraction of sp³-hybridized carbons (Fsp3) is 0.143. The molecule has 20 heavy (non-hydrogen) atoms. The molecule has 2 N–H and O–H groups in total. The maximum atomic E-state index is 13.8. The van der Waals surface area contributed by atoms with Gasteiger partial charge in [0.2, 0.25) is 0 Å². The van der Waals surface area contributed by atoms with Crippen molar-refractivity contribution >= 4 is 11.6 Å². The summed E-state index contributed by atoms with van der Waals surface area (Å²) in [5.74, 6) is 3.98. The van der Waals surface area contributed by atoms with Crippen LogP contribution in [0.2, 0.25) is 0 Å². The first-order valence-electron chi connectivity index (χ1n) is 5.79. The highest BCUT2D eigenvalue weighted by Gasteiger charge is 2.11. The van der Waals surface area contributed by atoms with Gasteiger partial charge in [0.25, 0.3) is 5.91 Å². The molecule has 0 aliphatic carbocycles. The van der Waals surface area contributed by atoms with Gasteiger partial charge < -0.3 is 10.4 Å². The molecule has 1 amide bonds. The van der Waals surface area contributed by atoms with Crippen molar-refractivity contribution in [3.8, 4) is 11.8 Å². The number of aliphatic hydroxyl groups excluding tert-OH is 1. The number of hydrogen-bond acceptors (Lipinski definition) is 3. The van der Waals surface area contributed by atoms with Crippen molar-refractivity contribution in [3.63, 3.8) is 0 Å². The molecule has 0 unspecified atom stereocenters. The standard InChI is InChI=1S/C14H12FN3O2/c1-18-9-11(8-16-18)14(20)17-13-5-4-10(3-2-6-19)7-12(13)15/h4-5,7-9,19H,6H2,1H3,(H,17,20). The van der Waals surface area contributed by atoms with Crippen LogP contribution in [-0.4, -0.2) is 27.4 Å². The number of nitrogens with one attached hydrogen (secondary N) is 1. The highest BCUT2D eigenvalue weighted by atomic mass is 19.1. The van der Waals surface area contributed by atoms with Crippen LogP contribution in [-0.2, 0) is 7.05 Å². The van der Waals surface area contributed by atoms with E-state index in [1.807, 2.05) is 0 Å². The normalized spacial score (nSPS) is 9.75. The Balaban J connectivity index is 2.16. The van der Waals surface area contributed by atoms with E-state index in [1.54, 1.807) is 13.1 Å². The Morgan fingerprint density at radius 3 is 2.95 bits per heavy atom. The Hall–Kier alpha value is -2.65. The molecule has 2 aromatic rings. The Kier molecular flexibility index (Phi) is 4.13. The number of aryl methyl sites for hydroxylation is 1. The molecule has 0 atom stereocenters. The van der Waals surface area contributed by atoms with Crippen molar-refractivity contribution in [1.82, 2.24) is 9.78 Å². The van der Waals surface area contributed by atoms with Crippen LogP contribution >= 0.6 is 0 Å². The fourth-order valence-electron chi connectivity index (χ4n) is 1.57. The summed E-state index contributed by atoms with van der Waals surface area (Å²) in [6.07, 6.45) is 2.93. The zero-order valence-electron chi connectivity index (χ0n) is 10.7. The van der Waals surface area contributed by atoms with E-state index in [-0.39, 0.29) is 12.3 Å². The van der Waals surface area contributed by atoms with Gasteiger partial charge in [-0.15, -0.1) is 0 Å². The van der Waals surface area contributed by atoms with Crippen molar-refractivity contribution < 1.29 is 14.3 Å². The first kappa shape index (κ1) is 13.8. The highest BCUT2D eigenvalue weighted by molar-refractivity contribution is 6.04. The second-order valence-corrected chi connectivity index (χ2v) is 4.01. The maximum absolute atomic E-state index is 13.8. The second-order valence-electron chi connectivity index (χ2n) is 4.01. The van der Waals surface area contributed by atoms with E-state index in [1.165, 1.54) is 29.2 Å². The number of halogens is 1. The van der Waals surface area contributed by atoms with E-state index >= 15 is 0 Å². The number of anilines is 1. The van der Waals surface area contributed by atoms with E-state index in [0.29, 0.717) is 11.1 Å². The number of benzene rings is 1. The minimum Gasteiger partial charge on any atom is -0.384 e. The lowest BCUT2D eigenvalue weighted by Crippen LogP contribution is -2.12. The Morgan fingerprint density at radius 1 is 1.55 bits per heavy atom. The van der Waals surface area contributed by atoms with Crippen LogP contribution in [0.25, 0.3) is 0 Å². The third-order valence-corrected chi connectivity index (χ3v) is 2.50. The zero-order chi connectivity index (χ0) is 14.5. The van der Waals surface area contributed by atoms with Gasteiger partial charge in [0.15, 0.2) is 0 Å². The minimum atomic E-state index is -0.591. The molecule has 1 aromatic heterocycles. The molecule has 0 bridgehead atoms. The first-order valence-corrected chi connectivity index (χ1v) is 5.79. The van der Waals surface area contributed by atoms with Crippen LogP contribution < -0.4 is 5.32 Å². The summed E-state index contributed by atoms with van der Waals surface area (Å²) >= 11 is 0. The number of aliphatic hydroxyl groups is 1. The summed E-state index contributed by atoms with van der Waals surface area (Å²) in [5.41, 5.74) is 0.834. The topological polar surface area (TPSA) is 67.2 Å². The molecule has 0 fully saturated rings. The average molecular weight is 273 g/mol. The van der Waals surface area contributed by atoms with Crippen molar-refractivity contribution in [3.05, 3.63) is 47.5 Å². The highest BCUT2D eigenvalue weighted by Crippen LogP contribution is 2.16. The molecule has 0 aliphatic rings. The monoisotopic (exact) mass is 273 g/mol. The Morgan fingerprint density at radius 2 is 2.35 bits per heavy atom. The molecule has 6 heteroatoms. The molecule has 1 heterocycles. The fourth-order valence-corrected chi connectivity index (χ4v) is 1.57. The van der Waals surface area contributed by atoms with Crippen molar-refractivity contribution in [2.24, 2.45) is 7.05 Å².